The summed E-state index contributed by atoms with van der Waals surface area (Å²) in [4.78, 5) is 16.2. The molecule has 0 radical (unpaired) electrons. The molecule has 0 aliphatic carbocycles. The molecule has 2 aromatic heterocycles. The smallest absolute Gasteiger partial charge is 0.257 e. The Morgan fingerprint density at radius 2 is 1.93 bits per heavy atom. The van der Waals surface area contributed by atoms with Gasteiger partial charge in [0.25, 0.3) is 11.1 Å². The topological polar surface area (TPSA) is 80.6 Å². The number of hydrogen-bond donors (Lipinski definition) is 1. The van der Waals surface area contributed by atoms with Gasteiger partial charge in [0.15, 0.2) is 5.58 Å². The van der Waals surface area contributed by atoms with Crippen molar-refractivity contribution in [3.05, 3.63) is 70.9 Å². The summed E-state index contributed by atoms with van der Waals surface area (Å²) < 4.78 is 12.3. The maximum atomic E-state index is 11.9. The van der Waals surface area contributed by atoms with Gasteiger partial charge in [-0.2, -0.15) is 5.10 Å². The fourth-order valence-corrected chi connectivity index (χ4v) is 3.33. The van der Waals surface area contributed by atoms with Crippen LogP contribution in [0.2, 0.25) is 0 Å². The minimum atomic E-state index is -0.261. The predicted molar refractivity (Wildman–Crippen MR) is 112 cm³/mol. The normalized spacial score (nSPS) is 11.3. The highest BCUT2D eigenvalue weighted by Gasteiger charge is 2.08. The predicted octanol–water partition coefficient (Wildman–Crippen LogP) is 5.09. The Labute approximate surface area is 173 Å². The number of hydrogen-bond acceptors (Lipinski definition) is 6. The lowest BCUT2D eigenvalue weighted by Crippen LogP contribution is -2.19. The number of furan rings is 1. The van der Waals surface area contributed by atoms with Crippen LogP contribution in [0.3, 0.4) is 0 Å². The number of aromatic nitrogens is 1. The van der Waals surface area contributed by atoms with Gasteiger partial charge < -0.3 is 8.83 Å². The molecule has 8 heteroatoms. The van der Waals surface area contributed by atoms with Gasteiger partial charge in [0.2, 0.25) is 0 Å². The lowest BCUT2D eigenvalue weighted by Gasteiger charge is -1.97. The largest absolute Gasteiger partial charge is 0.455 e. The summed E-state index contributed by atoms with van der Waals surface area (Å²) in [6, 6.07) is 18.9. The van der Waals surface area contributed by atoms with Crippen molar-refractivity contribution < 1.29 is 13.6 Å². The van der Waals surface area contributed by atoms with Crippen LogP contribution in [0.5, 0.6) is 0 Å². The van der Waals surface area contributed by atoms with E-state index < -0.39 is 0 Å². The quantitative estimate of drug-likeness (QED) is 0.248. The number of carbonyl (C=O) groups is 1. The van der Waals surface area contributed by atoms with Crippen LogP contribution < -0.4 is 5.43 Å². The average Bonchev–Trinajstić information content (AvgIpc) is 3.33. The minimum absolute atomic E-state index is 0.145. The molecule has 4 aromatic rings. The van der Waals surface area contributed by atoms with E-state index >= 15 is 0 Å². The molecule has 0 fully saturated rings. The third-order valence-electron chi connectivity index (χ3n) is 3.74. The van der Waals surface area contributed by atoms with Crippen LogP contribution in [-0.2, 0) is 4.79 Å². The Morgan fingerprint density at radius 1 is 1.11 bits per heavy atom. The van der Waals surface area contributed by atoms with Crippen molar-refractivity contribution in [2.24, 2.45) is 5.10 Å². The van der Waals surface area contributed by atoms with E-state index in [2.05, 4.69) is 31.4 Å². The number of amides is 1. The Kier molecular flexibility index (Phi) is 5.59. The van der Waals surface area contributed by atoms with Gasteiger partial charge in [0.05, 0.1) is 12.0 Å². The first-order chi connectivity index (χ1) is 13.7. The highest BCUT2D eigenvalue weighted by molar-refractivity contribution is 9.10. The molecule has 0 saturated heterocycles. The SMILES string of the molecule is O=C(CSc1nc2ccccc2o1)N/N=C\c1ccc(-c2ccc(Br)cc2)o1. The molecule has 0 bridgehead atoms. The van der Waals surface area contributed by atoms with Crippen LogP contribution in [0, 0.1) is 0 Å². The van der Waals surface area contributed by atoms with E-state index in [1.807, 2.05) is 54.6 Å². The lowest BCUT2D eigenvalue weighted by molar-refractivity contribution is -0.118. The molecule has 4 rings (SSSR count). The van der Waals surface area contributed by atoms with Gasteiger partial charge in [-0.05, 0) is 36.4 Å². The third kappa shape index (κ3) is 4.52. The van der Waals surface area contributed by atoms with E-state index in [1.54, 1.807) is 6.07 Å². The number of rotatable bonds is 6. The van der Waals surface area contributed by atoms with Gasteiger partial charge in [-0.1, -0.05) is 52.0 Å². The Morgan fingerprint density at radius 3 is 2.75 bits per heavy atom. The molecule has 2 heterocycles. The monoisotopic (exact) mass is 455 g/mol. The van der Waals surface area contributed by atoms with Gasteiger partial charge in [-0.15, -0.1) is 0 Å². The maximum Gasteiger partial charge on any atom is 0.257 e. The first-order valence-electron chi connectivity index (χ1n) is 8.33. The molecule has 0 aliphatic rings. The van der Waals surface area contributed by atoms with Crippen molar-refractivity contribution in [3.8, 4) is 11.3 Å². The van der Waals surface area contributed by atoms with Crippen LogP contribution in [-0.4, -0.2) is 22.9 Å². The average molecular weight is 456 g/mol. The number of halogens is 1. The fourth-order valence-electron chi connectivity index (χ4n) is 2.43. The van der Waals surface area contributed by atoms with Crippen molar-refractivity contribution in [1.29, 1.82) is 0 Å². The summed E-state index contributed by atoms with van der Waals surface area (Å²) in [5.41, 5.74) is 4.89. The molecular weight excluding hydrogens is 442 g/mol. The molecule has 28 heavy (non-hydrogen) atoms. The summed E-state index contributed by atoms with van der Waals surface area (Å²) in [5.74, 6) is 1.16. The number of nitrogens with one attached hydrogen (secondary N) is 1. The fraction of sp³-hybridized carbons (Fsp3) is 0.0500. The molecule has 0 unspecified atom stereocenters. The zero-order valence-electron chi connectivity index (χ0n) is 14.5. The second kappa shape index (κ2) is 8.45. The number of nitrogens with zero attached hydrogens (tertiary/aromatic N) is 2. The molecular formula is C20H14BrN3O3S. The minimum Gasteiger partial charge on any atom is -0.455 e. The van der Waals surface area contributed by atoms with Crippen LogP contribution in [0.25, 0.3) is 22.4 Å². The maximum absolute atomic E-state index is 11.9. The molecule has 0 atom stereocenters. The Bertz CT molecular complexity index is 1100. The van der Waals surface area contributed by atoms with E-state index in [9.17, 15) is 4.79 Å². The summed E-state index contributed by atoms with van der Waals surface area (Å²) >= 11 is 4.62. The van der Waals surface area contributed by atoms with Crippen molar-refractivity contribution in [2.75, 3.05) is 5.75 Å². The second-order valence-electron chi connectivity index (χ2n) is 5.74. The number of thioether (sulfide) groups is 1. The van der Waals surface area contributed by atoms with Gasteiger partial charge in [0.1, 0.15) is 17.0 Å². The first kappa shape index (κ1) is 18.5. The van der Waals surface area contributed by atoms with Crippen molar-refractivity contribution in [3.63, 3.8) is 0 Å². The van der Waals surface area contributed by atoms with Crippen molar-refractivity contribution in [2.45, 2.75) is 5.22 Å². The number of para-hydroxylation sites is 2. The summed E-state index contributed by atoms with van der Waals surface area (Å²) in [5, 5.41) is 4.38. The van der Waals surface area contributed by atoms with Crippen LogP contribution in [0.15, 0.2) is 84.3 Å². The first-order valence-corrected chi connectivity index (χ1v) is 10.1. The molecule has 1 amide bonds. The number of oxazole rings is 1. The zero-order chi connectivity index (χ0) is 19.3. The summed E-state index contributed by atoms with van der Waals surface area (Å²) in [6.45, 7) is 0. The molecule has 0 aliphatic heterocycles. The van der Waals surface area contributed by atoms with Crippen molar-refractivity contribution in [1.82, 2.24) is 10.4 Å². The number of fused-ring (bicyclic) bond motifs is 1. The van der Waals surface area contributed by atoms with Gasteiger partial charge >= 0.3 is 0 Å². The molecule has 1 N–H and O–H groups in total. The molecule has 0 spiro atoms. The summed E-state index contributed by atoms with van der Waals surface area (Å²) in [6.07, 6.45) is 1.46. The van der Waals surface area contributed by atoms with Crippen LogP contribution in [0.4, 0.5) is 0 Å². The highest BCUT2D eigenvalue weighted by atomic mass is 79.9. The zero-order valence-corrected chi connectivity index (χ0v) is 16.9. The van der Waals surface area contributed by atoms with E-state index in [1.165, 1.54) is 18.0 Å². The van der Waals surface area contributed by atoms with E-state index in [0.29, 0.717) is 16.6 Å². The highest BCUT2D eigenvalue weighted by Crippen LogP contribution is 2.24. The Hall–Kier alpha value is -2.84. The second-order valence-corrected chi connectivity index (χ2v) is 7.58. The van der Waals surface area contributed by atoms with Gasteiger partial charge in [-0.25, -0.2) is 10.4 Å². The number of carbonyl (C=O) groups excluding carboxylic acids is 1. The van der Waals surface area contributed by atoms with Gasteiger partial charge in [-0.3, -0.25) is 4.79 Å². The van der Waals surface area contributed by atoms with Gasteiger partial charge in [0, 0.05) is 10.0 Å². The molecule has 6 nitrogen and oxygen atoms in total. The van der Waals surface area contributed by atoms with E-state index in [4.69, 9.17) is 8.83 Å². The molecule has 0 saturated carbocycles. The molecule has 140 valence electrons. The molecule has 2 aromatic carbocycles. The van der Waals surface area contributed by atoms with Crippen LogP contribution in [0.1, 0.15) is 5.76 Å². The standard InChI is InChI=1S/C20H14BrN3O3S/c21-14-7-5-13(6-8-14)17-10-9-15(26-17)11-22-24-19(25)12-28-20-23-16-3-1-2-4-18(16)27-20/h1-11H,12H2,(H,24,25)/b22-11-. The lowest BCUT2D eigenvalue weighted by atomic mass is 10.2. The Balaban J connectivity index is 1.29. The number of benzene rings is 2. The van der Waals surface area contributed by atoms with E-state index in [0.717, 1.165) is 21.3 Å². The number of hydrazone groups is 1. The van der Waals surface area contributed by atoms with Crippen molar-refractivity contribution >= 4 is 50.9 Å². The van der Waals surface area contributed by atoms with E-state index in [-0.39, 0.29) is 11.7 Å². The summed E-state index contributed by atoms with van der Waals surface area (Å²) in [7, 11) is 0. The van der Waals surface area contributed by atoms with Crippen LogP contribution >= 0.6 is 27.7 Å². The third-order valence-corrected chi connectivity index (χ3v) is 5.09.